The highest BCUT2D eigenvalue weighted by Crippen LogP contribution is 2.18. The van der Waals surface area contributed by atoms with E-state index in [2.05, 4.69) is 10.6 Å². The Morgan fingerprint density at radius 2 is 2.05 bits per heavy atom. The molecule has 1 aliphatic rings. The van der Waals surface area contributed by atoms with Crippen molar-refractivity contribution < 1.29 is 9.53 Å². The van der Waals surface area contributed by atoms with Crippen LogP contribution in [0.4, 0.5) is 0 Å². The average Bonchev–Trinajstić information content (AvgIpc) is 2.98. The molecule has 0 heterocycles. The van der Waals surface area contributed by atoms with E-state index in [1.165, 1.54) is 18.9 Å². The third-order valence-corrected chi connectivity index (χ3v) is 3.70. The van der Waals surface area contributed by atoms with Crippen LogP contribution in [0, 0.1) is 0 Å². The number of benzene rings is 1. The summed E-state index contributed by atoms with van der Waals surface area (Å²) >= 11 is 5.14. The second kappa shape index (κ2) is 7.78. The number of carbonyl (C=O) groups is 1. The molecular formula is C16H20N2O2S. The minimum Gasteiger partial charge on any atom is -0.496 e. The molecule has 1 amide bonds. The van der Waals surface area contributed by atoms with Gasteiger partial charge in [-0.15, -0.1) is 0 Å². The van der Waals surface area contributed by atoms with E-state index in [0.717, 1.165) is 24.2 Å². The highest BCUT2D eigenvalue weighted by Gasteiger charge is 2.15. The van der Waals surface area contributed by atoms with Gasteiger partial charge in [-0.3, -0.25) is 10.1 Å². The fourth-order valence-electron chi connectivity index (χ4n) is 2.41. The van der Waals surface area contributed by atoms with Gasteiger partial charge in [0, 0.05) is 17.7 Å². The number of methoxy groups -OCH3 is 1. The molecule has 5 heteroatoms. The van der Waals surface area contributed by atoms with Crippen molar-refractivity contribution >= 4 is 29.3 Å². The first-order chi connectivity index (χ1) is 10.2. The molecule has 1 aromatic rings. The second-order valence-electron chi connectivity index (χ2n) is 5.02. The number of ether oxygens (including phenoxy) is 1. The number of nitrogens with one attached hydrogen (secondary N) is 2. The lowest BCUT2D eigenvalue weighted by Crippen LogP contribution is -2.42. The summed E-state index contributed by atoms with van der Waals surface area (Å²) in [4.78, 5) is 11.8. The van der Waals surface area contributed by atoms with Gasteiger partial charge in [0.2, 0.25) is 5.91 Å². The van der Waals surface area contributed by atoms with Gasteiger partial charge in [-0.25, -0.2) is 0 Å². The summed E-state index contributed by atoms with van der Waals surface area (Å²) in [5, 5.41) is 6.24. The van der Waals surface area contributed by atoms with Crippen molar-refractivity contribution in [2.45, 2.75) is 31.7 Å². The predicted octanol–water partition coefficient (Wildman–Crippen LogP) is 2.64. The third-order valence-electron chi connectivity index (χ3n) is 3.48. The van der Waals surface area contributed by atoms with E-state index in [9.17, 15) is 4.79 Å². The van der Waals surface area contributed by atoms with Crippen LogP contribution < -0.4 is 15.4 Å². The van der Waals surface area contributed by atoms with Crippen molar-refractivity contribution in [3.63, 3.8) is 0 Å². The number of hydrogen-bond acceptors (Lipinski definition) is 3. The van der Waals surface area contributed by atoms with Crippen molar-refractivity contribution in [3.8, 4) is 5.75 Å². The van der Waals surface area contributed by atoms with E-state index < -0.39 is 0 Å². The topological polar surface area (TPSA) is 50.4 Å². The van der Waals surface area contributed by atoms with Gasteiger partial charge in [0.15, 0.2) is 5.11 Å². The van der Waals surface area contributed by atoms with Crippen LogP contribution in [0.3, 0.4) is 0 Å². The molecule has 0 atom stereocenters. The van der Waals surface area contributed by atoms with Gasteiger partial charge in [-0.1, -0.05) is 31.0 Å². The lowest BCUT2D eigenvalue weighted by Gasteiger charge is -2.14. The first kappa shape index (κ1) is 15.5. The van der Waals surface area contributed by atoms with Crippen molar-refractivity contribution in [3.05, 3.63) is 35.9 Å². The van der Waals surface area contributed by atoms with Gasteiger partial charge in [-0.05, 0) is 37.2 Å². The van der Waals surface area contributed by atoms with Gasteiger partial charge in [0.25, 0.3) is 0 Å². The van der Waals surface area contributed by atoms with Crippen LogP contribution in [0.1, 0.15) is 31.2 Å². The Morgan fingerprint density at radius 1 is 1.33 bits per heavy atom. The summed E-state index contributed by atoms with van der Waals surface area (Å²) < 4.78 is 5.23. The van der Waals surface area contributed by atoms with Crippen molar-refractivity contribution in [2.24, 2.45) is 0 Å². The summed E-state index contributed by atoms with van der Waals surface area (Å²) in [6.45, 7) is 0. The molecule has 112 valence electrons. The molecule has 1 aromatic carbocycles. The molecule has 0 spiro atoms. The highest BCUT2D eigenvalue weighted by molar-refractivity contribution is 7.80. The Balaban J connectivity index is 1.85. The lowest BCUT2D eigenvalue weighted by molar-refractivity contribution is -0.115. The second-order valence-corrected chi connectivity index (χ2v) is 5.43. The summed E-state index contributed by atoms with van der Waals surface area (Å²) in [6, 6.07) is 7.92. The Morgan fingerprint density at radius 3 is 2.76 bits per heavy atom. The number of para-hydroxylation sites is 1. The van der Waals surface area contributed by atoms with Gasteiger partial charge in [0.1, 0.15) is 5.75 Å². The van der Waals surface area contributed by atoms with Gasteiger partial charge in [-0.2, -0.15) is 0 Å². The Labute approximate surface area is 130 Å². The average molecular weight is 304 g/mol. The lowest BCUT2D eigenvalue weighted by atomic mass is 10.2. The monoisotopic (exact) mass is 304 g/mol. The zero-order chi connectivity index (χ0) is 15.1. The Hall–Kier alpha value is -1.88. The normalized spacial score (nSPS) is 15.1. The van der Waals surface area contributed by atoms with Crippen molar-refractivity contribution in [2.75, 3.05) is 7.11 Å². The fraction of sp³-hybridized carbons (Fsp3) is 0.375. The molecule has 1 fully saturated rings. The largest absolute Gasteiger partial charge is 0.496 e. The van der Waals surface area contributed by atoms with Crippen LogP contribution in [0.15, 0.2) is 30.3 Å². The first-order valence-electron chi connectivity index (χ1n) is 7.11. The minimum atomic E-state index is -0.239. The molecule has 0 aliphatic heterocycles. The van der Waals surface area contributed by atoms with Gasteiger partial charge >= 0.3 is 0 Å². The summed E-state index contributed by atoms with van der Waals surface area (Å²) in [6.07, 6.45) is 7.86. The number of rotatable bonds is 4. The third kappa shape index (κ3) is 4.86. The molecule has 0 bridgehead atoms. The standard InChI is InChI=1S/C16H20N2O2S/c1-20-14-9-5-2-6-12(14)10-11-15(19)18-16(21)17-13-7-3-4-8-13/h2,5-6,9-11,13H,3-4,7-8H2,1H3,(H2,17,18,19,21). The van der Waals surface area contributed by atoms with Crippen LogP contribution in [0.5, 0.6) is 5.75 Å². The number of amides is 1. The molecule has 1 saturated carbocycles. The molecule has 1 aliphatic carbocycles. The molecule has 0 aromatic heterocycles. The maximum atomic E-state index is 11.8. The highest BCUT2D eigenvalue weighted by atomic mass is 32.1. The van der Waals surface area contributed by atoms with Crippen LogP contribution in [0.2, 0.25) is 0 Å². The Bertz CT molecular complexity index is 537. The number of carbonyl (C=O) groups excluding carboxylic acids is 1. The molecule has 0 radical (unpaired) electrons. The van der Waals surface area contributed by atoms with Crippen LogP contribution in [-0.4, -0.2) is 24.2 Å². The van der Waals surface area contributed by atoms with E-state index in [-0.39, 0.29) is 5.91 Å². The minimum absolute atomic E-state index is 0.239. The van der Waals surface area contributed by atoms with E-state index >= 15 is 0 Å². The molecule has 21 heavy (non-hydrogen) atoms. The predicted molar refractivity (Wildman–Crippen MR) is 88.2 cm³/mol. The maximum absolute atomic E-state index is 11.8. The molecule has 2 N–H and O–H groups in total. The maximum Gasteiger partial charge on any atom is 0.250 e. The van der Waals surface area contributed by atoms with Crippen molar-refractivity contribution in [1.82, 2.24) is 10.6 Å². The number of hydrogen-bond donors (Lipinski definition) is 2. The molecule has 0 saturated heterocycles. The molecule has 0 unspecified atom stereocenters. The molecule has 2 rings (SSSR count). The van der Waals surface area contributed by atoms with Crippen molar-refractivity contribution in [1.29, 1.82) is 0 Å². The van der Waals surface area contributed by atoms with E-state index in [0.29, 0.717) is 11.2 Å². The zero-order valence-electron chi connectivity index (χ0n) is 12.1. The quantitative estimate of drug-likeness (QED) is 0.663. The zero-order valence-corrected chi connectivity index (χ0v) is 12.9. The first-order valence-corrected chi connectivity index (χ1v) is 7.52. The van der Waals surface area contributed by atoms with Crippen LogP contribution >= 0.6 is 12.2 Å². The molecule has 4 nitrogen and oxygen atoms in total. The number of thiocarbonyl (C=S) groups is 1. The van der Waals surface area contributed by atoms with E-state index in [1.54, 1.807) is 13.2 Å². The van der Waals surface area contributed by atoms with Gasteiger partial charge < -0.3 is 10.1 Å². The summed E-state index contributed by atoms with van der Waals surface area (Å²) in [5.74, 6) is 0.490. The summed E-state index contributed by atoms with van der Waals surface area (Å²) in [5.41, 5.74) is 0.852. The van der Waals surface area contributed by atoms with Crippen LogP contribution in [0.25, 0.3) is 6.08 Å². The van der Waals surface area contributed by atoms with Gasteiger partial charge in [0.05, 0.1) is 7.11 Å². The SMILES string of the molecule is COc1ccccc1C=CC(=O)NC(=S)NC1CCCC1. The Kier molecular flexibility index (Phi) is 5.75. The van der Waals surface area contributed by atoms with E-state index in [4.69, 9.17) is 17.0 Å². The molecular weight excluding hydrogens is 284 g/mol. The van der Waals surface area contributed by atoms with E-state index in [1.807, 2.05) is 24.3 Å². The van der Waals surface area contributed by atoms with Crippen LogP contribution in [-0.2, 0) is 4.79 Å². The smallest absolute Gasteiger partial charge is 0.250 e. The summed E-state index contributed by atoms with van der Waals surface area (Å²) in [7, 11) is 1.60. The fourth-order valence-corrected chi connectivity index (χ4v) is 2.68.